The molecule has 126 valence electrons. The largest absolute Gasteiger partial charge is 0.335 e. The first-order valence-corrected chi connectivity index (χ1v) is 8.67. The molecule has 2 aliphatic rings. The van der Waals surface area contributed by atoms with Crippen molar-refractivity contribution >= 4 is 6.03 Å². The maximum atomic E-state index is 12.5. The predicted molar refractivity (Wildman–Crippen MR) is 88.2 cm³/mol. The molecule has 0 unspecified atom stereocenters. The predicted octanol–water partition coefficient (Wildman–Crippen LogP) is 1.82. The van der Waals surface area contributed by atoms with E-state index in [0.29, 0.717) is 25.6 Å². The smallest absolute Gasteiger partial charge is 0.317 e. The molecule has 0 aromatic carbocycles. The number of aromatic nitrogens is 2. The minimum atomic E-state index is -0.0157. The van der Waals surface area contributed by atoms with Gasteiger partial charge in [-0.25, -0.2) is 9.78 Å². The van der Waals surface area contributed by atoms with Gasteiger partial charge in [-0.05, 0) is 38.0 Å². The van der Waals surface area contributed by atoms with Gasteiger partial charge in [0.2, 0.25) is 0 Å². The van der Waals surface area contributed by atoms with Crippen LogP contribution in [0.15, 0.2) is 11.1 Å². The number of carbonyl (C=O) groups excluding carboxylic acids is 1. The lowest BCUT2D eigenvalue weighted by molar-refractivity contribution is 0.180. The summed E-state index contributed by atoms with van der Waals surface area (Å²) in [6.07, 6.45) is 7.94. The molecule has 1 aliphatic carbocycles. The molecule has 3 rings (SSSR count). The zero-order valence-electron chi connectivity index (χ0n) is 14.0. The molecule has 1 fully saturated rings. The van der Waals surface area contributed by atoms with E-state index >= 15 is 0 Å². The number of rotatable bonds is 2. The van der Waals surface area contributed by atoms with Crippen LogP contribution in [-0.4, -0.2) is 33.1 Å². The van der Waals surface area contributed by atoms with Crippen LogP contribution in [0.1, 0.15) is 50.3 Å². The molecule has 2 heterocycles. The quantitative estimate of drug-likeness (QED) is 0.904. The number of amides is 2. The van der Waals surface area contributed by atoms with Gasteiger partial charge in [-0.3, -0.25) is 4.79 Å². The van der Waals surface area contributed by atoms with Crippen molar-refractivity contribution in [1.29, 1.82) is 0 Å². The fourth-order valence-electron chi connectivity index (χ4n) is 3.67. The van der Waals surface area contributed by atoms with Crippen molar-refractivity contribution < 1.29 is 4.79 Å². The number of aryl methyl sites for hydroxylation is 1. The number of hydrogen-bond donors (Lipinski definition) is 1. The summed E-state index contributed by atoms with van der Waals surface area (Å²) in [6.45, 7) is 3.26. The topological polar surface area (TPSA) is 67.2 Å². The summed E-state index contributed by atoms with van der Waals surface area (Å²) in [7, 11) is 1.71. The van der Waals surface area contributed by atoms with Crippen molar-refractivity contribution in [3.63, 3.8) is 0 Å². The standard InChI is InChI=1S/C17H26N4O2/c1-3-12-4-6-13(7-5-12)19-17(23)21-9-8-14-15(10-21)18-11-20(2)16(14)22/h11-13H,3-10H2,1-2H3,(H,19,23). The maximum Gasteiger partial charge on any atom is 0.317 e. The first-order valence-electron chi connectivity index (χ1n) is 8.67. The third-order valence-electron chi connectivity index (χ3n) is 5.32. The van der Waals surface area contributed by atoms with Crippen LogP contribution in [0.4, 0.5) is 4.79 Å². The van der Waals surface area contributed by atoms with Crippen molar-refractivity contribution in [2.75, 3.05) is 6.54 Å². The van der Waals surface area contributed by atoms with E-state index in [1.54, 1.807) is 11.9 Å². The van der Waals surface area contributed by atoms with Gasteiger partial charge in [0.15, 0.2) is 0 Å². The summed E-state index contributed by atoms with van der Waals surface area (Å²) >= 11 is 0. The fraction of sp³-hybridized carbons (Fsp3) is 0.706. The van der Waals surface area contributed by atoms with Crippen LogP contribution in [0.5, 0.6) is 0 Å². The Morgan fingerprint density at radius 3 is 2.78 bits per heavy atom. The second-order valence-corrected chi connectivity index (χ2v) is 6.83. The number of hydrogen-bond acceptors (Lipinski definition) is 3. The number of urea groups is 1. The van der Waals surface area contributed by atoms with E-state index in [4.69, 9.17) is 0 Å². The van der Waals surface area contributed by atoms with E-state index in [9.17, 15) is 9.59 Å². The summed E-state index contributed by atoms with van der Waals surface area (Å²) in [6, 6.07) is 0.279. The molecular weight excluding hydrogens is 292 g/mol. The van der Waals surface area contributed by atoms with E-state index in [-0.39, 0.29) is 11.6 Å². The molecule has 6 heteroatoms. The van der Waals surface area contributed by atoms with E-state index in [0.717, 1.165) is 30.0 Å². The van der Waals surface area contributed by atoms with E-state index in [1.165, 1.54) is 30.2 Å². The van der Waals surface area contributed by atoms with Gasteiger partial charge >= 0.3 is 6.03 Å². The SMILES string of the molecule is CCC1CCC(NC(=O)N2CCc3c(ncn(C)c3=O)C2)CC1. The second-order valence-electron chi connectivity index (χ2n) is 6.83. The molecule has 0 saturated heterocycles. The molecule has 1 saturated carbocycles. The summed E-state index contributed by atoms with van der Waals surface area (Å²) in [5, 5.41) is 3.17. The normalized spacial score (nSPS) is 24.2. The van der Waals surface area contributed by atoms with Gasteiger partial charge in [0.1, 0.15) is 0 Å². The molecule has 6 nitrogen and oxygen atoms in total. The Morgan fingerprint density at radius 1 is 1.35 bits per heavy atom. The highest BCUT2D eigenvalue weighted by Gasteiger charge is 2.27. The van der Waals surface area contributed by atoms with Crippen LogP contribution < -0.4 is 10.9 Å². The van der Waals surface area contributed by atoms with Gasteiger partial charge in [-0.15, -0.1) is 0 Å². The Hall–Kier alpha value is -1.85. The molecule has 1 aliphatic heterocycles. The lowest BCUT2D eigenvalue weighted by Gasteiger charge is -2.32. The van der Waals surface area contributed by atoms with Crippen molar-refractivity contribution in [1.82, 2.24) is 19.8 Å². The summed E-state index contributed by atoms with van der Waals surface area (Å²) < 4.78 is 1.50. The summed E-state index contributed by atoms with van der Waals surface area (Å²) in [5.41, 5.74) is 1.50. The molecule has 2 amide bonds. The fourth-order valence-corrected chi connectivity index (χ4v) is 3.67. The van der Waals surface area contributed by atoms with Crippen LogP contribution in [0.3, 0.4) is 0 Å². The Labute approximate surface area is 136 Å². The molecule has 1 N–H and O–H groups in total. The minimum absolute atomic E-state index is 0.00736. The molecule has 1 aromatic heterocycles. The highest BCUT2D eigenvalue weighted by molar-refractivity contribution is 5.74. The van der Waals surface area contributed by atoms with Crippen molar-refractivity contribution in [2.24, 2.45) is 13.0 Å². The lowest BCUT2D eigenvalue weighted by atomic mass is 9.84. The molecule has 0 radical (unpaired) electrons. The third-order valence-corrected chi connectivity index (χ3v) is 5.32. The average Bonchev–Trinajstić information content (AvgIpc) is 2.58. The first kappa shape index (κ1) is 16.0. The van der Waals surface area contributed by atoms with Crippen molar-refractivity contribution in [2.45, 2.75) is 58.0 Å². The molecular formula is C17H26N4O2. The van der Waals surface area contributed by atoms with E-state index in [1.807, 2.05) is 0 Å². The summed E-state index contributed by atoms with van der Waals surface area (Å²) in [4.78, 5) is 30.7. The third kappa shape index (κ3) is 3.41. The Morgan fingerprint density at radius 2 is 2.09 bits per heavy atom. The maximum absolute atomic E-state index is 12.5. The Balaban J connectivity index is 1.59. The zero-order valence-corrected chi connectivity index (χ0v) is 14.0. The first-order chi connectivity index (χ1) is 11.1. The van der Waals surface area contributed by atoms with E-state index in [2.05, 4.69) is 17.2 Å². The number of carbonyl (C=O) groups is 1. The minimum Gasteiger partial charge on any atom is -0.335 e. The van der Waals surface area contributed by atoms with Gasteiger partial charge < -0.3 is 14.8 Å². The molecule has 0 atom stereocenters. The van der Waals surface area contributed by atoms with Gasteiger partial charge in [0.05, 0.1) is 18.6 Å². The van der Waals surface area contributed by atoms with Gasteiger partial charge in [-0.1, -0.05) is 13.3 Å². The Bertz CT molecular complexity index is 632. The molecule has 1 aromatic rings. The molecule has 0 bridgehead atoms. The van der Waals surface area contributed by atoms with Crippen LogP contribution in [-0.2, 0) is 20.0 Å². The monoisotopic (exact) mass is 318 g/mol. The second kappa shape index (κ2) is 6.72. The number of nitrogens with one attached hydrogen (secondary N) is 1. The molecule has 0 spiro atoms. The lowest BCUT2D eigenvalue weighted by Crippen LogP contribution is -2.48. The highest BCUT2D eigenvalue weighted by Crippen LogP contribution is 2.26. The average molecular weight is 318 g/mol. The molecule has 23 heavy (non-hydrogen) atoms. The van der Waals surface area contributed by atoms with Gasteiger partial charge in [0.25, 0.3) is 5.56 Å². The van der Waals surface area contributed by atoms with Crippen molar-refractivity contribution in [3.05, 3.63) is 27.9 Å². The zero-order chi connectivity index (χ0) is 16.4. The number of fused-ring (bicyclic) bond motifs is 1. The van der Waals surface area contributed by atoms with Crippen LogP contribution in [0, 0.1) is 5.92 Å². The van der Waals surface area contributed by atoms with Crippen LogP contribution in [0.25, 0.3) is 0 Å². The van der Waals surface area contributed by atoms with Crippen molar-refractivity contribution in [3.8, 4) is 0 Å². The van der Waals surface area contributed by atoms with Gasteiger partial charge in [-0.2, -0.15) is 0 Å². The van der Waals surface area contributed by atoms with Crippen LogP contribution in [0.2, 0.25) is 0 Å². The highest BCUT2D eigenvalue weighted by atomic mass is 16.2. The number of nitrogens with zero attached hydrogens (tertiary/aromatic N) is 3. The Kier molecular flexibility index (Phi) is 4.68. The summed E-state index contributed by atoms with van der Waals surface area (Å²) in [5.74, 6) is 0.824. The van der Waals surface area contributed by atoms with Gasteiger partial charge in [0, 0.05) is 25.2 Å². The van der Waals surface area contributed by atoms with Crippen LogP contribution >= 0.6 is 0 Å². The van der Waals surface area contributed by atoms with E-state index < -0.39 is 0 Å².